The second kappa shape index (κ2) is 8.05. The van der Waals surface area contributed by atoms with Gasteiger partial charge in [-0.25, -0.2) is 0 Å². The summed E-state index contributed by atoms with van der Waals surface area (Å²) < 4.78 is 0. The van der Waals surface area contributed by atoms with Gasteiger partial charge in [0.15, 0.2) is 0 Å². The van der Waals surface area contributed by atoms with Crippen LogP contribution in [0.25, 0.3) is 0 Å². The van der Waals surface area contributed by atoms with Crippen LogP contribution >= 0.6 is 0 Å². The van der Waals surface area contributed by atoms with Gasteiger partial charge in [0.05, 0.1) is 6.04 Å². The topological polar surface area (TPSA) is 55.1 Å². The molecule has 1 amide bonds. The third-order valence-electron chi connectivity index (χ3n) is 3.53. The highest BCUT2D eigenvalue weighted by Gasteiger charge is 2.16. The van der Waals surface area contributed by atoms with Crippen molar-refractivity contribution in [3.8, 4) is 0 Å². The van der Waals surface area contributed by atoms with E-state index in [-0.39, 0.29) is 17.9 Å². The van der Waals surface area contributed by atoms with Gasteiger partial charge in [-0.15, -0.1) is 0 Å². The van der Waals surface area contributed by atoms with Crippen LogP contribution in [0.1, 0.15) is 50.8 Å². The molecule has 0 saturated carbocycles. The van der Waals surface area contributed by atoms with E-state index < -0.39 is 0 Å². The van der Waals surface area contributed by atoms with E-state index in [1.54, 1.807) is 0 Å². The fraction of sp³-hybridized carbons (Fsp3) is 0.588. The average Bonchev–Trinajstić information content (AvgIpc) is 2.37. The number of rotatable bonds is 7. The molecule has 0 unspecified atom stereocenters. The molecule has 1 aromatic carbocycles. The number of nitrogens with one attached hydrogen (secondary N) is 1. The zero-order chi connectivity index (χ0) is 15.1. The summed E-state index contributed by atoms with van der Waals surface area (Å²) in [6.07, 6.45) is 1.52. The lowest BCUT2D eigenvalue weighted by molar-refractivity contribution is -0.122. The van der Waals surface area contributed by atoms with Crippen LogP contribution in [0.2, 0.25) is 0 Å². The summed E-state index contributed by atoms with van der Waals surface area (Å²) in [5.41, 5.74) is 8.11. The Bertz CT molecular complexity index is 429. The lowest BCUT2D eigenvalue weighted by atomic mass is 9.94. The quantitative estimate of drug-likeness (QED) is 0.803. The van der Waals surface area contributed by atoms with E-state index in [1.165, 1.54) is 5.56 Å². The molecule has 0 aromatic heterocycles. The largest absolute Gasteiger partial charge is 0.350 e. The van der Waals surface area contributed by atoms with Gasteiger partial charge in [0.1, 0.15) is 0 Å². The standard InChI is InChI=1S/C17H28N2O/c1-12(2)8-15(11-18)10-17(20)19-14(4)16-7-5-6-13(3)9-16/h5-7,9,12,14-15H,8,10-11,18H2,1-4H3,(H,19,20)/t14-,15-/m0/s1. The van der Waals surface area contributed by atoms with E-state index in [2.05, 4.69) is 38.2 Å². The molecule has 0 bridgehead atoms. The maximum atomic E-state index is 12.1. The van der Waals surface area contributed by atoms with Gasteiger partial charge < -0.3 is 11.1 Å². The number of aryl methyl sites for hydroxylation is 1. The number of amides is 1. The van der Waals surface area contributed by atoms with Crippen molar-refractivity contribution in [2.75, 3.05) is 6.54 Å². The molecule has 3 nitrogen and oxygen atoms in total. The van der Waals surface area contributed by atoms with Crippen molar-refractivity contribution >= 4 is 5.91 Å². The lowest BCUT2D eigenvalue weighted by Gasteiger charge is -2.19. The normalized spacial score (nSPS) is 14.1. The molecule has 0 heterocycles. The Hall–Kier alpha value is -1.35. The molecule has 112 valence electrons. The van der Waals surface area contributed by atoms with Crippen LogP contribution in [0.15, 0.2) is 24.3 Å². The molecule has 0 saturated heterocycles. The van der Waals surface area contributed by atoms with Crippen molar-refractivity contribution in [1.82, 2.24) is 5.32 Å². The Morgan fingerprint density at radius 3 is 2.55 bits per heavy atom. The molecule has 0 aliphatic carbocycles. The van der Waals surface area contributed by atoms with E-state index in [1.807, 2.05) is 19.1 Å². The SMILES string of the molecule is Cc1cccc([C@H](C)NC(=O)C[C@@H](CN)CC(C)C)c1. The molecule has 1 aromatic rings. The number of carbonyl (C=O) groups is 1. The summed E-state index contributed by atoms with van der Waals surface area (Å²) in [5.74, 6) is 0.945. The molecule has 1 rings (SSSR count). The first-order valence-electron chi connectivity index (χ1n) is 7.48. The molecule has 2 atom stereocenters. The Balaban J connectivity index is 2.53. The molecule has 3 N–H and O–H groups in total. The fourth-order valence-corrected chi connectivity index (χ4v) is 2.51. The molecule has 0 radical (unpaired) electrons. The molecular weight excluding hydrogens is 248 g/mol. The van der Waals surface area contributed by atoms with E-state index in [9.17, 15) is 4.79 Å². The second-order valence-electron chi connectivity index (χ2n) is 6.14. The van der Waals surface area contributed by atoms with E-state index in [4.69, 9.17) is 5.73 Å². The average molecular weight is 276 g/mol. The van der Waals surface area contributed by atoms with Gasteiger partial charge in [0.25, 0.3) is 0 Å². The monoisotopic (exact) mass is 276 g/mol. The van der Waals surface area contributed by atoms with Gasteiger partial charge in [0, 0.05) is 6.42 Å². The predicted octanol–water partition coefficient (Wildman–Crippen LogP) is 3.18. The highest BCUT2D eigenvalue weighted by atomic mass is 16.1. The maximum Gasteiger partial charge on any atom is 0.220 e. The molecule has 0 fully saturated rings. The summed E-state index contributed by atoms with van der Waals surface area (Å²) in [4.78, 5) is 12.1. The van der Waals surface area contributed by atoms with Gasteiger partial charge in [-0.2, -0.15) is 0 Å². The van der Waals surface area contributed by atoms with Crippen LogP contribution < -0.4 is 11.1 Å². The van der Waals surface area contributed by atoms with Crippen LogP contribution in [-0.4, -0.2) is 12.5 Å². The van der Waals surface area contributed by atoms with Gasteiger partial charge >= 0.3 is 0 Å². The van der Waals surface area contributed by atoms with Gasteiger partial charge in [-0.3, -0.25) is 4.79 Å². The number of benzene rings is 1. The molecule has 0 spiro atoms. The van der Waals surface area contributed by atoms with Crippen molar-refractivity contribution in [1.29, 1.82) is 0 Å². The Labute approximate surface area is 122 Å². The van der Waals surface area contributed by atoms with Crippen LogP contribution in [-0.2, 0) is 4.79 Å². The molecular formula is C17H28N2O. The van der Waals surface area contributed by atoms with Crippen molar-refractivity contribution in [2.24, 2.45) is 17.6 Å². The summed E-state index contributed by atoms with van der Waals surface area (Å²) in [5, 5.41) is 3.07. The van der Waals surface area contributed by atoms with Crippen molar-refractivity contribution in [2.45, 2.75) is 46.6 Å². The second-order valence-corrected chi connectivity index (χ2v) is 6.14. The number of hydrogen-bond donors (Lipinski definition) is 2. The zero-order valence-electron chi connectivity index (χ0n) is 13.1. The van der Waals surface area contributed by atoms with Gasteiger partial charge in [0.2, 0.25) is 5.91 Å². The van der Waals surface area contributed by atoms with Gasteiger partial charge in [-0.05, 0) is 44.2 Å². The zero-order valence-corrected chi connectivity index (χ0v) is 13.1. The summed E-state index contributed by atoms with van der Waals surface area (Å²) in [6.45, 7) is 8.98. The minimum atomic E-state index is 0.0416. The first-order valence-corrected chi connectivity index (χ1v) is 7.48. The van der Waals surface area contributed by atoms with Crippen LogP contribution in [0.5, 0.6) is 0 Å². The van der Waals surface area contributed by atoms with Crippen LogP contribution in [0, 0.1) is 18.8 Å². The number of nitrogens with two attached hydrogens (primary N) is 1. The molecule has 3 heteroatoms. The minimum absolute atomic E-state index is 0.0416. The first-order chi connectivity index (χ1) is 9.42. The smallest absolute Gasteiger partial charge is 0.220 e. The van der Waals surface area contributed by atoms with Crippen molar-refractivity contribution < 1.29 is 4.79 Å². The fourth-order valence-electron chi connectivity index (χ4n) is 2.51. The Kier molecular flexibility index (Phi) is 6.73. The number of carbonyl (C=O) groups excluding carboxylic acids is 1. The highest BCUT2D eigenvalue weighted by molar-refractivity contribution is 5.76. The third-order valence-corrected chi connectivity index (χ3v) is 3.53. The Morgan fingerprint density at radius 2 is 2.00 bits per heavy atom. The first kappa shape index (κ1) is 16.7. The van der Waals surface area contributed by atoms with Crippen molar-refractivity contribution in [3.05, 3.63) is 35.4 Å². The van der Waals surface area contributed by atoms with Crippen LogP contribution in [0.3, 0.4) is 0 Å². The molecule has 0 aliphatic rings. The summed E-state index contributed by atoms with van der Waals surface area (Å²) >= 11 is 0. The molecule has 0 aliphatic heterocycles. The summed E-state index contributed by atoms with van der Waals surface area (Å²) in [7, 11) is 0. The van der Waals surface area contributed by atoms with Gasteiger partial charge in [-0.1, -0.05) is 43.7 Å². The summed E-state index contributed by atoms with van der Waals surface area (Å²) in [6, 6.07) is 8.28. The van der Waals surface area contributed by atoms with Crippen molar-refractivity contribution in [3.63, 3.8) is 0 Å². The lowest BCUT2D eigenvalue weighted by Crippen LogP contribution is -2.30. The minimum Gasteiger partial charge on any atom is -0.350 e. The maximum absolute atomic E-state index is 12.1. The van der Waals surface area contributed by atoms with E-state index in [0.717, 1.165) is 12.0 Å². The van der Waals surface area contributed by atoms with E-state index in [0.29, 0.717) is 18.9 Å². The van der Waals surface area contributed by atoms with Crippen LogP contribution in [0.4, 0.5) is 0 Å². The Morgan fingerprint density at radius 1 is 1.30 bits per heavy atom. The number of hydrogen-bond acceptors (Lipinski definition) is 2. The van der Waals surface area contributed by atoms with E-state index >= 15 is 0 Å². The highest BCUT2D eigenvalue weighted by Crippen LogP contribution is 2.17. The molecule has 20 heavy (non-hydrogen) atoms. The predicted molar refractivity (Wildman–Crippen MR) is 84.4 cm³/mol. The third kappa shape index (κ3) is 5.74.